The summed E-state index contributed by atoms with van der Waals surface area (Å²) in [7, 11) is 0. The summed E-state index contributed by atoms with van der Waals surface area (Å²) in [5.41, 5.74) is 0.442. The van der Waals surface area contributed by atoms with Crippen LogP contribution in [0.3, 0.4) is 0 Å². The van der Waals surface area contributed by atoms with Crippen LogP contribution < -0.4 is 5.32 Å². The first-order valence-electron chi connectivity index (χ1n) is 7.04. The predicted octanol–water partition coefficient (Wildman–Crippen LogP) is 3.76. The second kappa shape index (κ2) is 8.01. The smallest absolute Gasteiger partial charge is 0.338 e. The molecule has 0 aliphatic carbocycles. The van der Waals surface area contributed by atoms with Crippen LogP contribution in [-0.2, 0) is 9.53 Å². The summed E-state index contributed by atoms with van der Waals surface area (Å²) in [5.74, 6) is -2.69. The van der Waals surface area contributed by atoms with Crippen molar-refractivity contribution >= 4 is 27.8 Å². The molecule has 0 aromatic heterocycles. The van der Waals surface area contributed by atoms with Crippen molar-refractivity contribution in [1.29, 1.82) is 0 Å². The van der Waals surface area contributed by atoms with Crippen LogP contribution in [0.1, 0.15) is 28.9 Å². The maximum atomic E-state index is 13.6. The van der Waals surface area contributed by atoms with Crippen LogP contribution in [0.15, 0.2) is 46.9 Å². The van der Waals surface area contributed by atoms with Crippen LogP contribution in [0.2, 0.25) is 0 Å². The summed E-state index contributed by atoms with van der Waals surface area (Å²) in [4.78, 5) is 23.6. The molecule has 1 N–H and O–H groups in total. The first-order chi connectivity index (χ1) is 11.4. The van der Waals surface area contributed by atoms with E-state index in [4.69, 9.17) is 4.74 Å². The summed E-state index contributed by atoms with van der Waals surface area (Å²) in [6.07, 6.45) is 0. The van der Waals surface area contributed by atoms with Crippen molar-refractivity contribution < 1.29 is 23.1 Å². The minimum atomic E-state index is -0.756. The lowest BCUT2D eigenvalue weighted by Crippen LogP contribution is -2.31. The lowest BCUT2D eigenvalue weighted by atomic mass is 10.1. The summed E-state index contributed by atoms with van der Waals surface area (Å²) >= 11 is 3.23. The third kappa shape index (κ3) is 4.86. The first kappa shape index (κ1) is 18.1. The van der Waals surface area contributed by atoms with E-state index in [-0.39, 0.29) is 5.56 Å². The van der Waals surface area contributed by atoms with Gasteiger partial charge in [0.15, 0.2) is 6.61 Å². The van der Waals surface area contributed by atoms with Gasteiger partial charge in [-0.25, -0.2) is 13.6 Å². The fourth-order valence-electron chi connectivity index (χ4n) is 2.04. The molecule has 0 saturated carbocycles. The Morgan fingerprint density at radius 1 is 1.21 bits per heavy atom. The molecule has 0 aliphatic heterocycles. The van der Waals surface area contributed by atoms with E-state index in [1.54, 1.807) is 31.2 Å². The van der Waals surface area contributed by atoms with Crippen molar-refractivity contribution in [3.8, 4) is 0 Å². The number of benzene rings is 2. The average molecular weight is 398 g/mol. The normalized spacial score (nSPS) is 11.7. The van der Waals surface area contributed by atoms with Gasteiger partial charge in [-0.2, -0.15) is 0 Å². The van der Waals surface area contributed by atoms with E-state index >= 15 is 0 Å². The van der Waals surface area contributed by atoms with Gasteiger partial charge >= 0.3 is 5.97 Å². The number of esters is 1. The molecule has 1 amide bonds. The lowest BCUT2D eigenvalue weighted by Gasteiger charge is -2.15. The van der Waals surface area contributed by atoms with Gasteiger partial charge in [-0.1, -0.05) is 28.1 Å². The van der Waals surface area contributed by atoms with Crippen LogP contribution in [0.25, 0.3) is 0 Å². The number of hydrogen-bond donors (Lipinski definition) is 1. The lowest BCUT2D eigenvalue weighted by molar-refractivity contribution is -0.124. The number of amides is 1. The molecule has 0 aliphatic rings. The van der Waals surface area contributed by atoms with Crippen LogP contribution in [0.5, 0.6) is 0 Å². The third-order valence-corrected chi connectivity index (χ3v) is 3.69. The maximum Gasteiger partial charge on any atom is 0.338 e. The highest BCUT2D eigenvalue weighted by molar-refractivity contribution is 9.10. The van der Waals surface area contributed by atoms with Gasteiger partial charge in [0.25, 0.3) is 5.91 Å². The molecule has 7 heteroatoms. The molecule has 0 unspecified atom stereocenters. The Morgan fingerprint density at radius 3 is 2.62 bits per heavy atom. The summed E-state index contributed by atoms with van der Waals surface area (Å²) in [5, 5.41) is 2.49. The van der Waals surface area contributed by atoms with Gasteiger partial charge in [0.1, 0.15) is 11.6 Å². The summed E-state index contributed by atoms with van der Waals surface area (Å²) in [6.45, 7) is 1.04. The molecule has 2 aromatic rings. The molecule has 1 atom stereocenters. The minimum absolute atomic E-state index is 0.142. The molecular formula is C17H14BrF2NO3. The van der Waals surface area contributed by atoms with Crippen molar-refractivity contribution in [2.24, 2.45) is 0 Å². The predicted molar refractivity (Wildman–Crippen MR) is 87.3 cm³/mol. The molecular weight excluding hydrogens is 384 g/mol. The molecule has 0 fully saturated rings. The van der Waals surface area contributed by atoms with E-state index < -0.39 is 36.2 Å². The molecule has 0 bridgehead atoms. The largest absolute Gasteiger partial charge is 0.452 e. The number of carbonyl (C=O) groups excluding carboxylic acids is 2. The van der Waals surface area contributed by atoms with Gasteiger partial charge in [0.05, 0.1) is 11.6 Å². The molecule has 0 spiro atoms. The molecule has 24 heavy (non-hydrogen) atoms. The molecule has 126 valence electrons. The fraction of sp³-hybridized carbons (Fsp3) is 0.176. The van der Waals surface area contributed by atoms with E-state index in [1.807, 2.05) is 0 Å². The highest BCUT2D eigenvalue weighted by Gasteiger charge is 2.16. The van der Waals surface area contributed by atoms with Gasteiger partial charge < -0.3 is 10.1 Å². The van der Waals surface area contributed by atoms with Gasteiger partial charge in [-0.05, 0) is 31.2 Å². The SMILES string of the molecule is C[C@@H](NC(=O)COC(=O)c1cccc(Br)c1)c1ccc(F)cc1F. The van der Waals surface area contributed by atoms with Crippen molar-refractivity contribution in [2.45, 2.75) is 13.0 Å². The Hall–Kier alpha value is -2.28. The molecule has 0 heterocycles. The number of nitrogens with one attached hydrogen (secondary N) is 1. The number of halogens is 3. The Balaban J connectivity index is 1.90. The van der Waals surface area contributed by atoms with Crippen molar-refractivity contribution in [3.63, 3.8) is 0 Å². The number of hydrogen-bond acceptors (Lipinski definition) is 3. The third-order valence-electron chi connectivity index (χ3n) is 3.20. The van der Waals surface area contributed by atoms with E-state index in [0.29, 0.717) is 10.0 Å². The average Bonchev–Trinajstić information content (AvgIpc) is 2.52. The van der Waals surface area contributed by atoms with E-state index in [9.17, 15) is 18.4 Å². The van der Waals surface area contributed by atoms with E-state index in [2.05, 4.69) is 21.2 Å². The van der Waals surface area contributed by atoms with Crippen LogP contribution in [0.4, 0.5) is 8.78 Å². The fourth-order valence-corrected chi connectivity index (χ4v) is 2.44. The van der Waals surface area contributed by atoms with Crippen LogP contribution in [0, 0.1) is 11.6 Å². The van der Waals surface area contributed by atoms with E-state index in [1.165, 1.54) is 6.07 Å². The zero-order chi connectivity index (χ0) is 17.7. The standard InChI is InChI=1S/C17H14BrF2NO3/c1-10(14-6-5-13(19)8-15(14)20)21-16(22)9-24-17(23)11-3-2-4-12(18)7-11/h2-8,10H,9H2,1H3,(H,21,22)/t10-/m1/s1. The van der Waals surface area contributed by atoms with Crippen molar-refractivity contribution in [2.75, 3.05) is 6.61 Å². The Labute approximate surface area is 145 Å². The molecule has 0 radical (unpaired) electrons. The zero-order valence-corrected chi connectivity index (χ0v) is 14.3. The number of ether oxygens (including phenoxy) is 1. The highest BCUT2D eigenvalue weighted by atomic mass is 79.9. The number of carbonyl (C=O) groups is 2. The highest BCUT2D eigenvalue weighted by Crippen LogP contribution is 2.17. The van der Waals surface area contributed by atoms with Crippen molar-refractivity contribution in [1.82, 2.24) is 5.32 Å². The van der Waals surface area contributed by atoms with Gasteiger partial charge in [-0.3, -0.25) is 4.79 Å². The van der Waals surface area contributed by atoms with E-state index in [0.717, 1.165) is 12.1 Å². The second-order valence-corrected chi connectivity index (χ2v) is 5.96. The quantitative estimate of drug-likeness (QED) is 0.781. The summed E-state index contributed by atoms with van der Waals surface area (Å²) < 4.78 is 32.1. The van der Waals surface area contributed by atoms with Gasteiger partial charge in [0.2, 0.25) is 0 Å². The zero-order valence-electron chi connectivity index (χ0n) is 12.7. The van der Waals surface area contributed by atoms with Crippen LogP contribution in [-0.4, -0.2) is 18.5 Å². The number of rotatable bonds is 5. The minimum Gasteiger partial charge on any atom is -0.452 e. The van der Waals surface area contributed by atoms with Gasteiger partial charge in [0, 0.05) is 16.1 Å². The Bertz CT molecular complexity index is 767. The van der Waals surface area contributed by atoms with Crippen molar-refractivity contribution in [3.05, 3.63) is 69.7 Å². The molecule has 2 aromatic carbocycles. The molecule has 0 saturated heterocycles. The topological polar surface area (TPSA) is 55.4 Å². The monoisotopic (exact) mass is 397 g/mol. The molecule has 2 rings (SSSR count). The van der Waals surface area contributed by atoms with Crippen LogP contribution >= 0.6 is 15.9 Å². The maximum absolute atomic E-state index is 13.6. The van der Waals surface area contributed by atoms with Gasteiger partial charge in [-0.15, -0.1) is 0 Å². The first-order valence-corrected chi connectivity index (χ1v) is 7.83. The molecule has 4 nitrogen and oxygen atoms in total. The Kier molecular flexibility index (Phi) is 6.03. The Morgan fingerprint density at radius 2 is 1.96 bits per heavy atom. The summed E-state index contributed by atoms with van der Waals surface area (Å²) in [6, 6.07) is 8.95. The second-order valence-electron chi connectivity index (χ2n) is 5.04.